The van der Waals surface area contributed by atoms with Gasteiger partial charge in [-0.1, -0.05) is 31.2 Å². The number of halogens is 1. The van der Waals surface area contributed by atoms with Crippen LogP contribution in [0.1, 0.15) is 22.9 Å². The fourth-order valence-electron chi connectivity index (χ4n) is 2.30. The smallest absolute Gasteiger partial charge is 0.0314 e. The predicted octanol–water partition coefficient (Wildman–Crippen LogP) is 4.58. The van der Waals surface area contributed by atoms with Crippen LogP contribution >= 0.6 is 27.3 Å². The third kappa shape index (κ3) is 4.16. The van der Waals surface area contributed by atoms with Crippen molar-refractivity contribution in [2.45, 2.75) is 32.7 Å². The van der Waals surface area contributed by atoms with Crippen LogP contribution in [0.3, 0.4) is 0 Å². The summed E-state index contributed by atoms with van der Waals surface area (Å²) in [5.74, 6) is 0. The summed E-state index contributed by atoms with van der Waals surface area (Å²) >= 11 is 5.46. The molecule has 1 aromatic carbocycles. The van der Waals surface area contributed by atoms with Gasteiger partial charge in [0.1, 0.15) is 0 Å². The molecular formula is C16H20BrNS. The molecule has 0 fully saturated rings. The van der Waals surface area contributed by atoms with Crippen molar-refractivity contribution < 1.29 is 0 Å². The first-order chi connectivity index (χ1) is 9.20. The zero-order valence-corrected chi connectivity index (χ0v) is 13.9. The lowest BCUT2D eigenvalue weighted by atomic mass is 9.99. The van der Waals surface area contributed by atoms with Gasteiger partial charge in [0.2, 0.25) is 0 Å². The molecule has 1 unspecified atom stereocenters. The van der Waals surface area contributed by atoms with Crippen molar-refractivity contribution in [3.8, 4) is 0 Å². The van der Waals surface area contributed by atoms with Gasteiger partial charge in [-0.05, 0) is 64.8 Å². The molecule has 0 bridgehead atoms. The Labute approximate surface area is 128 Å². The molecule has 1 aromatic heterocycles. The Morgan fingerprint density at radius 2 is 2.00 bits per heavy atom. The lowest BCUT2D eigenvalue weighted by Crippen LogP contribution is -2.33. The van der Waals surface area contributed by atoms with Crippen LogP contribution in [-0.4, -0.2) is 12.6 Å². The van der Waals surface area contributed by atoms with E-state index in [1.165, 1.54) is 20.5 Å². The van der Waals surface area contributed by atoms with Crippen LogP contribution in [0.15, 0.2) is 40.2 Å². The highest BCUT2D eigenvalue weighted by molar-refractivity contribution is 9.10. The summed E-state index contributed by atoms with van der Waals surface area (Å²) in [6.45, 7) is 5.38. The van der Waals surface area contributed by atoms with Gasteiger partial charge in [-0.2, -0.15) is 0 Å². The molecule has 1 N–H and O–H groups in total. The number of aryl methyl sites for hydroxylation is 1. The van der Waals surface area contributed by atoms with Gasteiger partial charge in [0.25, 0.3) is 0 Å². The molecule has 0 saturated carbocycles. The zero-order valence-electron chi connectivity index (χ0n) is 11.4. The van der Waals surface area contributed by atoms with Gasteiger partial charge in [-0.3, -0.25) is 0 Å². The van der Waals surface area contributed by atoms with E-state index >= 15 is 0 Å². The van der Waals surface area contributed by atoms with E-state index in [-0.39, 0.29) is 0 Å². The number of thiophene rings is 1. The van der Waals surface area contributed by atoms with Gasteiger partial charge in [0.15, 0.2) is 0 Å². The Bertz CT molecular complexity index is 521. The summed E-state index contributed by atoms with van der Waals surface area (Å²) in [5, 5.41) is 5.76. The van der Waals surface area contributed by atoms with E-state index in [9.17, 15) is 0 Å². The van der Waals surface area contributed by atoms with Crippen molar-refractivity contribution in [3.63, 3.8) is 0 Å². The van der Waals surface area contributed by atoms with Gasteiger partial charge in [0, 0.05) is 15.4 Å². The normalized spacial score (nSPS) is 12.6. The Balaban J connectivity index is 2.08. The molecule has 1 atom stereocenters. The van der Waals surface area contributed by atoms with Crippen LogP contribution in [0, 0.1) is 6.92 Å². The number of rotatable bonds is 6. The van der Waals surface area contributed by atoms with Gasteiger partial charge in [-0.15, -0.1) is 11.3 Å². The molecule has 102 valence electrons. The molecule has 0 amide bonds. The van der Waals surface area contributed by atoms with Crippen LogP contribution in [0.5, 0.6) is 0 Å². The Hall–Kier alpha value is -0.640. The van der Waals surface area contributed by atoms with Crippen LogP contribution in [-0.2, 0) is 12.8 Å². The second-order valence-electron chi connectivity index (χ2n) is 4.78. The van der Waals surface area contributed by atoms with Crippen LogP contribution in [0.4, 0.5) is 0 Å². The third-order valence-electron chi connectivity index (χ3n) is 3.34. The highest BCUT2D eigenvalue weighted by Gasteiger charge is 2.13. The van der Waals surface area contributed by atoms with E-state index in [4.69, 9.17) is 0 Å². The summed E-state index contributed by atoms with van der Waals surface area (Å²) in [6, 6.07) is 11.3. The molecule has 0 spiro atoms. The minimum Gasteiger partial charge on any atom is -0.314 e. The van der Waals surface area contributed by atoms with E-state index < -0.39 is 0 Å². The summed E-state index contributed by atoms with van der Waals surface area (Å²) in [6.07, 6.45) is 2.17. The molecule has 1 heterocycles. The molecule has 1 nitrogen and oxygen atoms in total. The Morgan fingerprint density at radius 1 is 1.21 bits per heavy atom. The number of benzene rings is 1. The van der Waals surface area contributed by atoms with E-state index in [1.807, 2.05) is 11.3 Å². The maximum absolute atomic E-state index is 3.63. The highest BCUT2D eigenvalue weighted by atomic mass is 79.9. The third-order valence-corrected chi connectivity index (χ3v) is 5.29. The van der Waals surface area contributed by atoms with Crippen LogP contribution < -0.4 is 5.32 Å². The van der Waals surface area contributed by atoms with Crippen molar-refractivity contribution in [1.29, 1.82) is 0 Å². The molecule has 0 aliphatic rings. The Kier molecular flexibility index (Phi) is 5.61. The van der Waals surface area contributed by atoms with Gasteiger partial charge < -0.3 is 5.32 Å². The molecule has 2 rings (SSSR count). The number of likely N-dealkylation sites (N-methyl/N-ethyl adjacent to an activating group) is 1. The summed E-state index contributed by atoms with van der Waals surface area (Å²) in [5.41, 5.74) is 2.83. The zero-order chi connectivity index (χ0) is 13.7. The fourth-order valence-corrected chi connectivity index (χ4v) is 3.90. The lowest BCUT2D eigenvalue weighted by molar-refractivity contribution is 0.523. The molecule has 0 radical (unpaired) electrons. The molecule has 3 heteroatoms. The van der Waals surface area contributed by atoms with E-state index in [2.05, 4.69) is 70.8 Å². The van der Waals surface area contributed by atoms with Crippen molar-refractivity contribution in [2.75, 3.05) is 6.54 Å². The van der Waals surface area contributed by atoms with Gasteiger partial charge in [-0.25, -0.2) is 0 Å². The van der Waals surface area contributed by atoms with E-state index in [0.29, 0.717) is 6.04 Å². The molecule has 19 heavy (non-hydrogen) atoms. The summed E-state index contributed by atoms with van der Waals surface area (Å²) in [7, 11) is 0. The topological polar surface area (TPSA) is 12.0 Å². The molecule has 0 saturated heterocycles. The van der Waals surface area contributed by atoms with Crippen LogP contribution in [0.2, 0.25) is 0 Å². The van der Waals surface area contributed by atoms with E-state index in [1.54, 1.807) is 0 Å². The SMILES string of the molecule is CCNC(Cc1ccccc1C)Cc1sccc1Br. The fraction of sp³-hybridized carbons (Fsp3) is 0.375. The number of hydrogen-bond acceptors (Lipinski definition) is 2. The average Bonchev–Trinajstić information content (AvgIpc) is 2.78. The minimum atomic E-state index is 0.501. The van der Waals surface area contributed by atoms with Crippen molar-refractivity contribution in [2.24, 2.45) is 0 Å². The first-order valence-electron chi connectivity index (χ1n) is 6.70. The first kappa shape index (κ1) is 14.8. The molecule has 0 aliphatic heterocycles. The molecule has 2 aromatic rings. The average molecular weight is 338 g/mol. The second kappa shape index (κ2) is 7.22. The van der Waals surface area contributed by atoms with Gasteiger partial charge in [0.05, 0.1) is 0 Å². The number of hydrogen-bond donors (Lipinski definition) is 1. The largest absolute Gasteiger partial charge is 0.314 e. The van der Waals surface area contributed by atoms with Crippen molar-refractivity contribution in [3.05, 3.63) is 56.2 Å². The van der Waals surface area contributed by atoms with Crippen molar-refractivity contribution >= 4 is 27.3 Å². The first-order valence-corrected chi connectivity index (χ1v) is 8.37. The quantitative estimate of drug-likeness (QED) is 0.813. The van der Waals surface area contributed by atoms with Crippen molar-refractivity contribution in [1.82, 2.24) is 5.32 Å². The molecule has 0 aliphatic carbocycles. The maximum atomic E-state index is 3.63. The number of nitrogens with one attached hydrogen (secondary N) is 1. The Morgan fingerprint density at radius 3 is 2.63 bits per heavy atom. The van der Waals surface area contributed by atoms with Gasteiger partial charge >= 0.3 is 0 Å². The summed E-state index contributed by atoms with van der Waals surface area (Å²) < 4.78 is 1.24. The highest BCUT2D eigenvalue weighted by Crippen LogP contribution is 2.25. The van der Waals surface area contributed by atoms with E-state index in [0.717, 1.165) is 19.4 Å². The summed E-state index contributed by atoms with van der Waals surface area (Å²) in [4.78, 5) is 1.43. The standard InChI is InChI=1S/C16H20BrNS/c1-3-18-14(11-16-15(17)8-9-19-16)10-13-7-5-4-6-12(13)2/h4-9,14,18H,3,10-11H2,1-2H3. The molecular weight excluding hydrogens is 318 g/mol. The van der Waals surface area contributed by atoms with Crippen LogP contribution in [0.25, 0.3) is 0 Å². The maximum Gasteiger partial charge on any atom is 0.0314 e. The minimum absolute atomic E-state index is 0.501. The monoisotopic (exact) mass is 337 g/mol. The second-order valence-corrected chi connectivity index (χ2v) is 6.64. The predicted molar refractivity (Wildman–Crippen MR) is 88.1 cm³/mol. The lowest BCUT2D eigenvalue weighted by Gasteiger charge is -2.18.